The average Bonchev–Trinajstić information content (AvgIpc) is 1.98. The number of halogens is 1. The molecule has 3 heteroatoms. The van der Waals surface area contributed by atoms with E-state index in [1.54, 1.807) is 25.3 Å². The quantitative estimate of drug-likeness (QED) is 0.692. The fourth-order valence-electron chi connectivity index (χ4n) is 0.855. The lowest BCUT2D eigenvalue weighted by Gasteiger charge is -2.03. The fraction of sp³-hybridized carbons (Fsp3) is 0.250. The van der Waals surface area contributed by atoms with E-state index in [1.807, 2.05) is 0 Å². The van der Waals surface area contributed by atoms with Gasteiger partial charge in [-0.2, -0.15) is 0 Å². The molecule has 0 fully saturated rings. The summed E-state index contributed by atoms with van der Waals surface area (Å²) >= 11 is 5.74. The van der Waals surface area contributed by atoms with Crippen molar-refractivity contribution in [2.24, 2.45) is 0 Å². The Bertz CT molecular complexity index is 250. The highest BCUT2D eigenvalue weighted by Gasteiger charge is 1.98. The van der Waals surface area contributed by atoms with Crippen LogP contribution in [0.5, 0.6) is 0 Å². The number of ether oxygens (including phenoxy) is 1. The smallest absolute Gasteiger partial charge is 0.0733 e. The molecule has 0 saturated carbocycles. The fourth-order valence-corrected chi connectivity index (χ4v) is 1.05. The van der Waals surface area contributed by atoms with Gasteiger partial charge in [-0.15, -0.1) is 0 Å². The third-order valence-corrected chi connectivity index (χ3v) is 1.64. The van der Waals surface area contributed by atoms with Gasteiger partial charge in [-0.05, 0) is 18.2 Å². The molecule has 0 spiro atoms. The molecule has 1 rings (SSSR count). The highest BCUT2D eigenvalue weighted by Crippen LogP contribution is 2.18. The standard InChI is InChI=1S/C8H10ClNO/c1-11-5-6-4-7(9)2-3-8(6)10/h2-4H,5,10H2,1H3. The van der Waals surface area contributed by atoms with Gasteiger partial charge in [-0.3, -0.25) is 0 Å². The average molecular weight is 172 g/mol. The lowest BCUT2D eigenvalue weighted by atomic mass is 10.2. The van der Waals surface area contributed by atoms with E-state index in [4.69, 9.17) is 22.1 Å². The second-order valence-corrected chi connectivity index (χ2v) is 2.71. The molecule has 2 N–H and O–H groups in total. The first-order chi connectivity index (χ1) is 5.24. The number of anilines is 1. The highest BCUT2D eigenvalue weighted by molar-refractivity contribution is 6.30. The molecule has 0 atom stereocenters. The molecule has 0 amide bonds. The van der Waals surface area contributed by atoms with Crippen LogP contribution in [-0.4, -0.2) is 7.11 Å². The van der Waals surface area contributed by atoms with Gasteiger partial charge in [0.25, 0.3) is 0 Å². The van der Waals surface area contributed by atoms with Gasteiger partial charge >= 0.3 is 0 Å². The van der Waals surface area contributed by atoms with Crippen molar-refractivity contribution in [1.29, 1.82) is 0 Å². The zero-order chi connectivity index (χ0) is 8.27. The molecule has 0 unspecified atom stereocenters. The van der Waals surface area contributed by atoms with E-state index in [-0.39, 0.29) is 0 Å². The van der Waals surface area contributed by atoms with Crippen LogP contribution in [0.2, 0.25) is 5.02 Å². The number of nitrogen functional groups attached to an aromatic ring is 1. The Morgan fingerprint density at radius 2 is 2.27 bits per heavy atom. The molecule has 11 heavy (non-hydrogen) atoms. The molecule has 0 bridgehead atoms. The number of hydrogen-bond donors (Lipinski definition) is 1. The van der Waals surface area contributed by atoms with Crippen LogP contribution >= 0.6 is 11.6 Å². The zero-order valence-electron chi connectivity index (χ0n) is 6.30. The Morgan fingerprint density at radius 3 is 2.91 bits per heavy atom. The number of methoxy groups -OCH3 is 1. The minimum absolute atomic E-state index is 0.506. The molecule has 0 aliphatic rings. The molecule has 1 aromatic carbocycles. The maximum absolute atomic E-state index is 5.74. The van der Waals surface area contributed by atoms with Crippen LogP contribution in [0.3, 0.4) is 0 Å². The summed E-state index contributed by atoms with van der Waals surface area (Å²) in [6.07, 6.45) is 0. The molecule has 2 nitrogen and oxygen atoms in total. The van der Waals surface area contributed by atoms with Crippen molar-refractivity contribution in [2.75, 3.05) is 12.8 Å². The molecule has 0 aliphatic carbocycles. The Labute approximate surface area is 70.9 Å². The summed E-state index contributed by atoms with van der Waals surface area (Å²) in [4.78, 5) is 0. The van der Waals surface area contributed by atoms with Gasteiger partial charge in [0.05, 0.1) is 6.61 Å². The van der Waals surface area contributed by atoms with Gasteiger partial charge in [-0.25, -0.2) is 0 Å². The summed E-state index contributed by atoms with van der Waals surface area (Å²) in [5.41, 5.74) is 7.29. The second kappa shape index (κ2) is 3.60. The Kier molecular flexibility index (Phi) is 2.74. The zero-order valence-corrected chi connectivity index (χ0v) is 7.06. The van der Waals surface area contributed by atoms with Crippen LogP contribution in [0.1, 0.15) is 5.56 Å². The lowest BCUT2D eigenvalue weighted by Crippen LogP contribution is -1.95. The third kappa shape index (κ3) is 2.10. The summed E-state index contributed by atoms with van der Waals surface area (Å²) in [6.45, 7) is 0.506. The monoisotopic (exact) mass is 171 g/mol. The molecule has 1 aromatic rings. The normalized spacial score (nSPS) is 10.0. The van der Waals surface area contributed by atoms with Gasteiger partial charge in [0.1, 0.15) is 0 Å². The predicted molar refractivity (Wildman–Crippen MR) is 46.6 cm³/mol. The maximum atomic E-state index is 5.74. The predicted octanol–water partition coefficient (Wildman–Crippen LogP) is 2.07. The van der Waals surface area contributed by atoms with Crippen LogP contribution in [0.25, 0.3) is 0 Å². The van der Waals surface area contributed by atoms with Crippen molar-refractivity contribution in [3.63, 3.8) is 0 Å². The van der Waals surface area contributed by atoms with Crippen LogP contribution < -0.4 is 5.73 Å². The SMILES string of the molecule is COCc1cc(Cl)ccc1N. The van der Waals surface area contributed by atoms with Crippen LogP contribution in [0.15, 0.2) is 18.2 Å². The summed E-state index contributed by atoms with van der Waals surface area (Å²) in [5.74, 6) is 0. The molecule has 60 valence electrons. The maximum Gasteiger partial charge on any atom is 0.0733 e. The van der Waals surface area contributed by atoms with Crippen LogP contribution in [-0.2, 0) is 11.3 Å². The molecular weight excluding hydrogens is 162 g/mol. The van der Waals surface area contributed by atoms with Crippen LogP contribution in [0.4, 0.5) is 5.69 Å². The van der Waals surface area contributed by atoms with E-state index < -0.39 is 0 Å². The topological polar surface area (TPSA) is 35.2 Å². The number of rotatable bonds is 2. The second-order valence-electron chi connectivity index (χ2n) is 2.28. The first kappa shape index (κ1) is 8.37. The lowest BCUT2D eigenvalue weighted by molar-refractivity contribution is 0.185. The van der Waals surface area contributed by atoms with E-state index in [0.717, 1.165) is 11.3 Å². The largest absolute Gasteiger partial charge is 0.398 e. The molecule has 0 aromatic heterocycles. The highest BCUT2D eigenvalue weighted by atomic mass is 35.5. The minimum Gasteiger partial charge on any atom is -0.398 e. The molecular formula is C8H10ClNO. The van der Waals surface area contributed by atoms with Gasteiger partial charge in [0.15, 0.2) is 0 Å². The van der Waals surface area contributed by atoms with Crippen molar-refractivity contribution in [3.8, 4) is 0 Å². The number of nitrogens with two attached hydrogens (primary N) is 1. The summed E-state index contributed by atoms with van der Waals surface area (Å²) in [7, 11) is 1.63. The number of benzene rings is 1. The number of hydrogen-bond acceptors (Lipinski definition) is 2. The molecule has 0 aliphatic heterocycles. The molecule has 0 radical (unpaired) electrons. The van der Waals surface area contributed by atoms with E-state index in [2.05, 4.69) is 0 Å². The van der Waals surface area contributed by atoms with E-state index >= 15 is 0 Å². The van der Waals surface area contributed by atoms with Crippen molar-refractivity contribution in [3.05, 3.63) is 28.8 Å². The van der Waals surface area contributed by atoms with Crippen LogP contribution in [0, 0.1) is 0 Å². The van der Waals surface area contributed by atoms with Gasteiger partial charge in [-0.1, -0.05) is 11.6 Å². The van der Waals surface area contributed by atoms with E-state index in [1.165, 1.54) is 0 Å². The first-order valence-electron chi connectivity index (χ1n) is 3.27. The Balaban J connectivity index is 2.93. The van der Waals surface area contributed by atoms with E-state index in [0.29, 0.717) is 11.6 Å². The Morgan fingerprint density at radius 1 is 1.55 bits per heavy atom. The van der Waals surface area contributed by atoms with Crippen molar-refractivity contribution in [2.45, 2.75) is 6.61 Å². The van der Waals surface area contributed by atoms with Crippen molar-refractivity contribution < 1.29 is 4.74 Å². The van der Waals surface area contributed by atoms with Gasteiger partial charge < -0.3 is 10.5 Å². The first-order valence-corrected chi connectivity index (χ1v) is 3.64. The summed E-state index contributed by atoms with van der Waals surface area (Å²) in [6, 6.07) is 5.34. The van der Waals surface area contributed by atoms with E-state index in [9.17, 15) is 0 Å². The summed E-state index contributed by atoms with van der Waals surface area (Å²) in [5, 5.41) is 0.686. The van der Waals surface area contributed by atoms with Gasteiger partial charge in [0.2, 0.25) is 0 Å². The van der Waals surface area contributed by atoms with Gasteiger partial charge in [0, 0.05) is 23.4 Å². The third-order valence-electron chi connectivity index (χ3n) is 1.40. The molecule has 0 heterocycles. The Hall–Kier alpha value is -0.730. The van der Waals surface area contributed by atoms with Crippen molar-refractivity contribution in [1.82, 2.24) is 0 Å². The van der Waals surface area contributed by atoms with Crippen molar-refractivity contribution >= 4 is 17.3 Å². The molecule has 0 saturated heterocycles. The minimum atomic E-state index is 0.506. The summed E-state index contributed by atoms with van der Waals surface area (Å²) < 4.78 is 4.93.